The number of para-hydroxylation sites is 2. The normalized spacial score (nSPS) is 11.5. The fraction of sp³-hybridized carbons (Fsp3) is 0. The van der Waals surface area contributed by atoms with E-state index < -0.39 is 0 Å². The predicted molar refractivity (Wildman–Crippen MR) is 288 cm³/mol. The van der Waals surface area contributed by atoms with Gasteiger partial charge in [0.25, 0.3) is 0 Å². The maximum absolute atomic E-state index is 2.47. The largest absolute Gasteiger partial charge is 0.309 e. The van der Waals surface area contributed by atoms with Crippen molar-refractivity contribution >= 4 is 43.6 Å². The first kappa shape index (κ1) is 39.4. The van der Waals surface area contributed by atoms with Crippen molar-refractivity contribution in [1.29, 1.82) is 0 Å². The Kier molecular flexibility index (Phi) is 9.54. The molecule has 13 aromatic rings. The van der Waals surface area contributed by atoms with Gasteiger partial charge in [-0.15, -0.1) is 0 Å². The summed E-state index contributed by atoms with van der Waals surface area (Å²) in [5, 5.41) is 4.92. The van der Waals surface area contributed by atoms with E-state index in [1.165, 1.54) is 110 Å². The summed E-state index contributed by atoms with van der Waals surface area (Å²) in [5.74, 6) is 0. The Hall–Kier alpha value is -8.98. The zero-order valence-electron chi connectivity index (χ0n) is 37.3. The van der Waals surface area contributed by atoms with Crippen molar-refractivity contribution in [3.63, 3.8) is 0 Å². The number of benzene rings is 11. The molecule has 13 rings (SSSR count). The molecule has 0 unspecified atom stereocenters. The van der Waals surface area contributed by atoms with Crippen molar-refractivity contribution in [2.75, 3.05) is 0 Å². The van der Waals surface area contributed by atoms with Crippen LogP contribution in [0.25, 0.3) is 122 Å². The average molecular weight is 865 g/mol. The molecule has 0 saturated carbocycles. The lowest BCUT2D eigenvalue weighted by atomic mass is 9.94. The first-order chi connectivity index (χ1) is 33.7. The van der Waals surface area contributed by atoms with Crippen molar-refractivity contribution in [3.8, 4) is 78.1 Å². The quantitative estimate of drug-likeness (QED) is 0.144. The highest BCUT2D eigenvalue weighted by molar-refractivity contribution is 6.17. The van der Waals surface area contributed by atoms with Crippen molar-refractivity contribution < 1.29 is 0 Å². The van der Waals surface area contributed by atoms with E-state index in [0.717, 1.165) is 11.4 Å². The van der Waals surface area contributed by atoms with Crippen LogP contribution in [0.4, 0.5) is 0 Å². The average Bonchev–Trinajstić information content (AvgIpc) is 3.94. The van der Waals surface area contributed by atoms with E-state index in [-0.39, 0.29) is 0 Å². The molecular weight excluding hydrogens is 821 g/mol. The SMILES string of the molecule is c1ccc(-c2cccc(-c3cccc(-c4cccc5c4c4cc(-c6ccc7c(c6)c6ccccc6n7-c6cc(-c7ccccc7)ccc6-c6ccccc6)ccc4n5-c4ccccc4)c3)c2)cc1. The summed E-state index contributed by atoms with van der Waals surface area (Å²) in [6, 6.07) is 97.5. The number of nitrogens with zero attached hydrogens (tertiary/aromatic N) is 2. The van der Waals surface area contributed by atoms with Crippen LogP contribution < -0.4 is 0 Å². The van der Waals surface area contributed by atoms with Gasteiger partial charge in [0, 0.05) is 32.8 Å². The van der Waals surface area contributed by atoms with E-state index in [4.69, 9.17) is 0 Å². The van der Waals surface area contributed by atoms with E-state index in [2.05, 4.69) is 276 Å². The Morgan fingerprint density at radius 2 is 0.647 bits per heavy atom. The molecule has 0 spiro atoms. The van der Waals surface area contributed by atoms with Gasteiger partial charge in [-0.3, -0.25) is 0 Å². The van der Waals surface area contributed by atoms with Gasteiger partial charge in [-0.05, 0) is 128 Å². The standard InChI is InChI=1S/C66H44N2/c1-5-18-45(19-6-1)48-24-15-25-49(40-48)50-26-16-27-54(41-50)57-31-17-33-64-66(57)60-43-52(36-39-63(60)67(64)55-28-11-4-12-29-55)51-35-38-62-59(42-51)58-30-13-14-32-61(58)68(62)65-44-53(46-20-7-2-8-21-46)34-37-56(65)47-22-9-3-10-23-47/h1-44H. The van der Waals surface area contributed by atoms with E-state index in [9.17, 15) is 0 Å². The Labute approximate surface area is 395 Å². The molecule has 0 aliphatic heterocycles. The maximum Gasteiger partial charge on any atom is 0.0547 e. The van der Waals surface area contributed by atoms with Gasteiger partial charge in [-0.1, -0.05) is 200 Å². The number of rotatable bonds is 8. The maximum atomic E-state index is 2.47. The zero-order valence-corrected chi connectivity index (χ0v) is 37.3. The highest BCUT2D eigenvalue weighted by Gasteiger charge is 2.20. The molecule has 0 N–H and O–H groups in total. The summed E-state index contributed by atoms with van der Waals surface area (Å²) in [4.78, 5) is 0. The van der Waals surface area contributed by atoms with Crippen LogP contribution in [-0.4, -0.2) is 9.13 Å². The van der Waals surface area contributed by atoms with Crippen molar-refractivity contribution in [3.05, 3.63) is 267 Å². The predicted octanol–water partition coefficient (Wildman–Crippen LogP) is 17.9. The van der Waals surface area contributed by atoms with Crippen molar-refractivity contribution in [1.82, 2.24) is 9.13 Å². The summed E-state index contributed by atoms with van der Waals surface area (Å²) in [7, 11) is 0. The molecule has 0 fully saturated rings. The lowest BCUT2D eigenvalue weighted by Crippen LogP contribution is -1.98. The van der Waals surface area contributed by atoms with Crippen LogP contribution in [0.5, 0.6) is 0 Å². The molecule has 318 valence electrons. The zero-order chi connectivity index (χ0) is 45.0. The first-order valence-electron chi connectivity index (χ1n) is 23.4. The summed E-state index contributed by atoms with van der Waals surface area (Å²) < 4.78 is 4.90. The topological polar surface area (TPSA) is 9.86 Å². The van der Waals surface area contributed by atoms with Crippen molar-refractivity contribution in [2.45, 2.75) is 0 Å². The molecule has 0 bridgehead atoms. The number of hydrogen-bond acceptors (Lipinski definition) is 0. The van der Waals surface area contributed by atoms with Crippen LogP contribution in [0.3, 0.4) is 0 Å². The molecule has 68 heavy (non-hydrogen) atoms. The molecule has 0 radical (unpaired) electrons. The first-order valence-corrected chi connectivity index (χ1v) is 23.4. The molecule has 2 heterocycles. The van der Waals surface area contributed by atoms with Crippen LogP contribution in [0.15, 0.2) is 267 Å². The van der Waals surface area contributed by atoms with Crippen LogP contribution in [0.1, 0.15) is 0 Å². The van der Waals surface area contributed by atoms with Gasteiger partial charge in [-0.25, -0.2) is 0 Å². The second kappa shape index (κ2) is 16.5. The fourth-order valence-electron chi connectivity index (χ4n) is 10.5. The molecule has 0 aliphatic rings. The summed E-state index contributed by atoms with van der Waals surface area (Å²) in [6.07, 6.45) is 0. The Morgan fingerprint density at radius 3 is 1.32 bits per heavy atom. The lowest BCUT2D eigenvalue weighted by Gasteiger charge is -2.16. The number of hydrogen-bond donors (Lipinski definition) is 0. The minimum Gasteiger partial charge on any atom is -0.309 e. The van der Waals surface area contributed by atoms with E-state index >= 15 is 0 Å². The third kappa shape index (κ3) is 6.73. The minimum atomic E-state index is 1.14. The molecule has 0 amide bonds. The molecule has 11 aromatic carbocycles. The smallest absolute Gasteiger partial charge is 0.0547 e. The Morgan fingerprint density at radius 1 is 0.206 bits per heavy atom. The van der Waals surface area contributed by atoms with Crippen LogP contribution in [0, 0.1) is 0 Å². The van der Waals surface area contributed by atoms with Crippen LogP contribution in [-0.2, 0) is 0 Å². The molecule has 0 aliphatic carbocycles. The Balaban J connectivity index is 0.989. The van der Waals surface area contributed by atoms with Gasteiger partial charge >= 0.3 is 0 Å². The fourth-order valence-corrected chi connectivity index (χ4v) is 10.5. The Bertz CT molecular complexity index is 3990. The second-order valence-electron chi connectivity index (χ2n) is 17.7. The van der Waals surface area contributed by atoms with E-state index in [1.54, 1.807) is 0 Å². The van der Waals surface area contributed by atoms with Gasteiger partial charge in [0.15, 0.2) is 0 Å². The molecule has 0 saturated heterocycles. The molecule has 2 heteroatoms. The highest BCUT2D eigenvalue weighted by atomic mass is 15.0. The summed E-state index contributed by atoms with van der Waals surface area (Å²) in [5.41, 5.74) is 21.4. The van der Waals surface area contributed by atoms with Gasteiger partial charge in [0.1, 0.15) is 0 Å². The van der Waals surface area contributed by atoms with Crippen molar-refractivity contribution in [2.24, 2.45) is 0 Å². The van der Waals surface area contributed by atoms with Gasteiger partial charge < -0.3 is 9.13 Å². The van der Waals surface area contributed by atoms with Gasteiger partial charge in [0.05, 0.1) is 27.8 Å². The minimum absolute atomic E-state index is 1.14. The van der Waals surface area contributed by atoms with E-state index in [0.29, 0.717) is 0 Å². The van der Waals surface area contributed by atoms with E-state index in [1.807, 2.05) is 0 Å². The van der Waals surface area contributed by atoms with Crippen LogP contribution in [0.2, 0.25) is 0 Å². The highest BCUT2D eigenvalue weighted by Crippen LogP contribution is 2.43. The molecule has 0 atom stereocenters. The van der Waals surface area contributed by atoms with Gasteiger partial charge in [0.2, 0.25) is 0 Å². The molecule has 2 aromatic heterocycles. The van der Waals surface area contributed by atoms with Gasteiger partial charge in [-0.2, -0.15) is 0 Å². The summed E-state index contributed by atoms with van der Waals surface area (Å²) >= 11 is 0. The van der Waals surface area contributed by atoms with Crippen LogP contribution >= 0.6 is 0 Å². The summed E-state index contributed by atoms with van der Waals surface area (Å²) in [6.45, 7) is 0. The number of aromatic nitrogens is 2. The third-order valence-corrected chi connectivity index (χ3v) is 13.7. The molecular formula is C66H44N2. The second-order valence-corrected chi connectivity index (χ2v) is 17.7. The third-order valence-electron chi connectivity index (χ3n) is 13.7. The molecule has 2 nitrogen and oxygen atoms in total. The number of fused-ring (bicyclic) bond motifs is 6. The lowest BCUT2D eigenvalue weighted by molar-refractivity contribution is 1.18. The monoisotopic (exact) mass is 864 g/mol.